The van der Waals surface area contributed by atoms with Gasteiger partial charge < -0.3 is 14.9 Å². The van der Waals surface area contributed by atoms with Gasteiger partial charge in [0.2, 0.25) is 0 Å². The molecule has 2 aromatic carbocycles. The number of benzene rings is 2. The number of nitriles is 2. The fourth-order valence-electron chi connectivity index (χ4n) is 3.19. The van der Waals surface area contributed by atoms with Gasteiger partial charge in [-0.05, 0) is 37.1 Å². The molecule has 6 heteroatoms. The molecule has 1 aromatic heterocycles. The zero-order chi connectivity index (χ0) is 20.3. The topological polar surface area (TPSA) is 104 Å². The summed E-state index contributed by atoms with van der Waals surface area (Å²) in [5, 5.41) is 31.3. The number of nitrogens with zero attached hydrogens (tertiary/aromatic N) is 2. The summed E-state index contributed by atoms with van der Waals surface area (Å²) in [7, 11) is 0. The number of aromatic nitrogens is 1. The molecule has 1 N–H and O–H groups in total. The Morgan fingerprint density at radius 3 is 2.24 bits per heavy atom. The molecular weight excluding hydrogens is 373 g/mol. The summed E-state index contributed by atoms with van der Waals surface area (Å²) in [5.41, 5.74) is 4.54. The molecule has 0 aliphatic heterocycles. The third-order valence-electron chi connectivity index (χ3n) is 4.57. The van der Waals surface area contributed by atoms with Crippen molar-refractivity contribution in [3.8, 4) is 12.1 Å². The number of aromatic amines is 1. The number of aryl methyl sites for hydroxylation is 1. The average molecular weight is 389 g/mol. The maximum atomic E-state index is 11.0. The standard InChI is InChI=1S/C23H17N3O2.Na/c1-14(12-24)22(16-7-9-17(10-8-16)23(27)28)18(13-25)11-20-15(2)26-21-6-4-3-5-19(20)21;/h3-11,26H,1-2H3,(H,27,28);/q;+1/p-1/b18-11+,22-14-;. The summed E-state index contributed by atoms with van der Waals surface area (Å²) < 4.78 is 0. The van der Waals surface area contributed by atoms with Gasteiger partial charge in [0, 0.05) is 33.3 Å². The Bertz CT molecular complexity index is 1220. The van der Waals surface area contributed by atoms with Crippen LogP contribution in [0.15, 0.2) is 59.7 Å². The third-order valence-corrected chi connectivity index (χ3v) is 4.57. The van der Waals surface area contributed by atoms with E-state index in [1.807, 2.05) is 31.2 Å². The minimum atomic E-state index is -1.28. The van der Waals surface area contributed by atoms with E-state index in [-0.39, 0.29) is 35.1 Å². The van der Waals surface area contributed by atoms with Crippen LogP contribution >= 0.6 is 0 Å². The number of carbonyl (C=O) groups excluding carboxylic acids is 1. The number of rotatable bonds is 4. The molecule has 0 unspecified atom stereocenters. The number of carboxylic acids is 1. The molecule has 3 rings (SSSR count). The summed E-state index contributed by atoms with van der Waals surface area (Å²) in [6.45, 7) is 3.56. The van der Waals surface area contributed by atoms with Crippen LogP contribution in [0.1, 0.15) is 34.1 Å². The Kier molecular flexibility index (Phi) is 7.20. The number of fused-ring (bicyclic) bond motifs is 1. The quantitative estimate of drug-likeness (QED) is 0.404. The van der Waals surface area contributed by atoms with Crippen molar-refractivity contribution < 1.29 is 39.5 Å². The summed E-state index contributed by atoms with van der Waals surface area (Å²) in [6.07, 6.45) is 1.76. The van der Waals surface area contributed by atoms with Gasteiger partial charge in [-0.3, -0.25) is 0 Å². The van der Waals surface area contributed by atoms with Crippen LogP contribution in [0.25, 0.3) is 22.6 Å². The van der Waals surface area contributed by atoms with Gasteiger partial charge in [-0.1, -0.05) is 42.5 Å². The molecule has 1 heterocycles. The van der Waals surface area contributed by atoms with Crippen LogP contribution in [0.2, 0.25) is 0 Å². The Morgan fingerprint density at radius 1 is 1.03 bits per heavy atom. The molecule has 0 radical (unpaired) electrons. The first-order valence-electron chi connectivity index (χ1n) is 8.58. The van der Waals surface area contributed by atoms with E-state index in [1.165, 1.54) is 12.1 Å². The van der Waals surface area contributed by atoms with Crippen molar-refractivity contribution in [3.63, 3.8) is 0 Å². The van der Waals surface area contributed by atoms with Gasteiger partial charge in [0.15, 0.2) is 0 Å². The SMILES string of the molecule is C/C(C#N)=C(/C(C#N)=C/c1c(C)[nH]c2ccccc12)c1ccc(C(=O)[O-])cc1.[Na+]. The van der Waals surface area contributed by atoms with Crippen LogP contribution in [-0.4, -0.2) is 11.0 Å². The Balaban J connectivity index is 0.00000300. The molecule has 0 amide bonds. The van der Waals surface area contributed by atoms with Crippen molar-refractivity contribution in [2.45, 2.75) is 13.8 Å². The summed E-state index contributed by atoms with van der Waals surface area (Å²) in [5.74, 6) is -1.28. The number of carboxylic acid groups (broad SMARTS) is 1. The van der Waals surface area contributed by atoms with Crippen molar-refractivity contribution >= 4 is 28.5 Å². The fraction of sp³-hybridized carbons (Fsp3) is 0.0870. The minimum Gasteiger partial charge on any atom is -0.545 e. The van der Waals surface area contributed by atoms with Gasteiger partial charge in [-0.2, -0.15) is 10.5 Å². The molecule has 29 heavy (non-hydrogen) atoms. The monoisotopic (exact) mass is 389 g/mol. The molecular formula is C23H16N3NaO2. The fourth-order valence-corrected chi connectivity index (χ4v) is 3.19. The number of para-hydroxylation sites is 1. The zero-order valence-electron chi connectivity index (χ0n) is 16.4. The van der Waals surface area contributed by atoms with Crippen molar-refractivity contribution in [3.05, 3.63) is 82.1 Å². The molecule has 0 saturated carbocycles. The second kappa shape index (κ2) is 9.41. The van der Waals surface area contributed by atoms with Gasteiger partial charge >= 0.3 is 29.6 Å². The summed E-state index contributed by atoms with van der Waals surface area (Å²) in [6, 6.07) is 18.0. The van der Waals surface area contributed by atoms with E-state index in [2.05, 4.69) is 17.1 Å². The second-order valence-electron chi connectivity index (χ2n) is 6.36. The molecule has 0 spiro atoms. The number of allylic oxidation sites excluding steroid dienone is 3. The maximum Gasteiger partial charge on any atom is 1.00 e. The van der Waals surface area contributed by atoms with E-state index >= 15 is 0 Å². The van der Waals surface area contributed by atoms with E-state index in [1.54, 1.807) is 25.1 Å². The summed E-state index contributed by atoms with van der Waals surface area (Å²) >= 11 is 0. The Morgan fingerprint density at radius 2 is 1.66 bits per heavy atom. The predicted molar refractivity (Wildman–Crippen MR) is 106 cm³/mol. The molecule has 5 nitrogen and oxygen atoms in total. The number of hydrogen-bond donors (Lipinski definition) is 1. The average Bonchev–Trinajstić information content (AvgIpc) is 3.02. The normalized spacial score (nSPS) is 11.8. The molecule has 0 atom stereocenters. The summed E-state index contributed by atoms with van der Waals surface area (Å²) in [4.78, 5) is 14.3. The van der Waals surface area contributed by atoms with E-state index in [9.17, 15) is 20.4 Å². The van der Waals surface area contributed by atoms with Gasteiger partial charge in [-0.25, -0.2) is 0 Å². The van der Waals surface area contributed by atoms with Gasteiger partial charge in [0.1, 0.15) is 0 Å². The van der Waals surface area contributed by atoms with Crippen molar-refractivity contribution in [1.29, 1.82) is 10.5 Å². The van der Waals surface area contributed by atoms with E-state index in [0.29, 0.717) is 22.3 Å². The largest absolute Gasteiger partial charge is 1.00 e. The number of aromatic carboxylic acids is 1. The maximum absolute atomic E-state index is 11.0. The first kappa shape index (κ1) is 22.2. The van der Waals surface area contributed by atoms with Crippen molar-refractivity contribution in [2.75, 3.05) is 0 Å². The molecule has 0 saturated heterocycles. The van der Waals surface area contributed by atoms with Gasteiger partial charge in [0.05, 0.1) is 23.7 Å². The van der Waals surface area contributed by atoms with E-state index in [4.69, 9.17) is 0 Å². The molecule has 0 aliphatic carbocycles. The minimum absolute atomic E-state index is 0. The van der Waals surface area contributed by atoms with Crippen LogP contribution in [0.3, 0.4) is 0 Å². The first-order valence-corrected chi connectivity index (χ1v) is 8.58. The molecule has 0 bridgehead atoms. The third kappa shape index (κ3) is 4.50. The Hall–Kier alpha value is -3.09. The van der Waals surface area contributed by atoms with Gasteiger partial charge in [0.25, 0.3) is 0 Å². The second-order valence-corrected chi connectivity index (χ2v) is 6.36. The molecule has 136 valence electrons. The number of H-pyrrole nitrogens is 1. The number of carbonyl (C=O) groups is 1. The van der Waals surface area contributed by atoms with E-state index in [0.717, 1.165) is 22.2 Å². The van der Waals surface area contributed by atoms with Crippen LogP contribution in [0, 0.1) is 29.6 Å². The van der Waals surface area contributed by atoms with Crippen LogP contribution in [0.4, 0.5) is 0 Å². The molecule has 0 aliphatic rings. The Labute approximate surface area is 190 Å². The van der Waals surface area contributed by atoms with Gasteiger partial charge in [-0.15, -0.1) is 0 Å². The number of hydrogen-bond acceptors (Lipinski definition) is 4. The number of nitrogens with one attached hydrogen (secondary N) is 1. The molecule has 3 aromatic rings. The van der Waals surface area contributed by atoms with Crippen LogP contribution in [0.5, 0.6) is 0 Å². The van der Waals surface area contributed by atoms with Crippen molar-refractivity contribution in [1.82, 2.24) is 4.98 Å². The van der Waals surface area contributed by atoms with Crippen LogP contribution < -0.4 is 34.7 Å². The smallest absolute Gasteiger partial charge is 0.545 e. The van der Waals surface area contributed by atoms with Crippen molar-refractivity contribution in [2.24, 2.45) is 0 Å². The first-order chi connectivity index (χ1) is 13.5. The predicted octanol–water partition coefficient (Wildman–Crippen LogP) is 0.748. The van der Waals surface area contributed by atoms with Crippen LogP contribution in [-0.2, 0) is 0 Å². The molecule has 0 fully saturated rings. The zero-order valence-corrected chi connectivity index (χ0v) is 18.4. The van der Waals surface area contributed by atoms with E-state index < -0.39 is 5.97 Å².